The van der Waals surface area contributed by atoms with Crippen molar-refractivity contribution >= 4 is 17.3 Å². The van der Waals surface area contributed by atoms with Crippen molar-refractivity contribution in [1.29, 1.82) is 0 Å². The number of carbonyl (C=O) groups is 1. The van der Waals surface area contributed by atoms with Gasteiger partial charge in [-0.05, 0) is 26.0 Å². The van der Waals surface area contributed by atoms with E-state index in [1.54, 1.807) is 31.0 Å². The second-order valence-electron chi connectivity index (χ2n) is 5.67. The predicted octanol–water partition coefficient (Wildman–Crippen LogP) is 2.06. The van der Waals surface area contributed by atoms with Crippen molar-refractivity contribution in [3.63, 3.8) is 0 Å². The number of benzene rings is 1. The number of nitro benzene ring substituents is 1. The van der Waals surface area contributed by atoms with E-state index in [9.17, 15) is 14.9 Å². The van der Waals surface area contributed by atoms with E-state index < -0.39 is 4.92 Å². The number of anilines is 1. The molecule has 0 spiro atoms. The molecule has 0 atom stereocenters. The number of hydrogen-bond donors (Lipinski definition) is 1. The van der Waals surface area contributed by atoms with Gasteiger partial charge in [0.2, 0.25) is 5.89 Å². The summed E-state index contributed by atoms with van der Waals surface area (Å²) in [6, 6.07) is 4.31. The van der Waals surface area contributed by atoms with Crippen molar-refractivity contribution in [3.05, 3.63) is 45.6 Å². The van der Waals surface area contributed by atoms with Crippen LogP contribution in [0.3, 0.4) is 0 Å². The Hall–Kier alpha value is -2.97. The number of carbonyl (C=O) groups excluding carboxylic acids is 1. The van der Waals surface area contributed by atoms with Gasteiger partial charge in [0.05, 0.1) is 11.5 Å². The summed E-state index contributed by atoms with van der Waals surface area (Å²) < 4.78 is 4.89. The number of aryl methyl sites for hydroxylation is 1. The zero-order valence-electron chi connectivity index (χ0n) is 13.9. The monoisotopic (exact) mass is 333 g/mol. The summed E-state index contributed by atoms with van der Waals surface area (Å²) in [6.07, 6.45) is 0. The molecule has 1 N–H and O–H groups in total. The smallest absolute Gasteiger partial charge is 0.293 e. The van der Waals surface area contributed by atoms with E-state index in [4.69, 9.17) is 4.52 Å². The zero-order chi connectivity index (χ0) is 17.9. The summed E-state index contributed by atoms with van der Waals surface area (Å²) in [5.74, 6) is 0.496. The Bertz CT molecular complexity index is 756. The molecular weight excluding hydrogens is 314 g/mol. The Morgan fingerprint density at radius 1 is 1.46 bits per heavy atom. The molecule has 2 rings (SSSR count). The van der Waals surface area contributed by atoms with Crippen LogP contribution in [0.1, 0.15) is 35.9 Å². The summed E-state index contributed by atoms with van der Waals surface area (Å²) in [5.41, 5.74) is 0.445. The lowest BCUT2D eigenvalue weighted by Crippen LogP contribution is -2.30. The second-order valence-corrected chi connectivity index (χ2v) is 5.67. The molecule has 1 aromatic heterocycles. The van der Waals surface area contributed by atoms with Crippen molar-refractivity contribution < 1.29 is 14.2 Å². The Morgan fingerprint density at radius 2 is 2.17 bits per heavy atom. The highest BCUT2D eigenvalue weighted by Gasteiger charge is 2.21. The largest absolute Gasteiger partial charge is 0.361 e. The van der Waals surface area contributed by atoms with Crippen molar-refractivity contribution in [3.8, 4) is 0 Å². The third-order valence-electron chi connectivity index (χ3n) is 3.21. The van der Waals surface area contributed by atoms with E-state index in [1.807, 2.05) is 13.8 Å². The summed E-state index contributed by atoms with van der Waals surface area (Å²) in [7, 11) is 1.68. The van der Waals surface area contributed by atoms with Crippen molar-refractivity contribution in [1.82, 2.24) is 15.5 Å². The van der Waals surface area contributed by atoms with Crippen LogP contribution in [-0.2, 0) is 6.54 Å². The van der Waals surface area contributed by atoms with Gasteiger partial charge in [-0.1, -0.05) is 5.16 Å². The minimum Gasteiger partial charge on any atom is -0.361 e. The van der Waals surface area contributed by atoms with Crippen LogP contribution in [0.15, 0.2) is 22.7 Å². The predicted molar refractivity (Wildman–Crippen MR) is 86.8 cm³/mol. The number of nitrogens with one attached hydrogen (secondary N) is 1. The van der Waals surface area contributed by atoms with E-state index in [-0.39, 0.29) is 29.7 Å². The number of nitrogens with zero attached hydrogens (tertiary/aromatic N) is 4. The maximum atomic E-state index is 12.0. The quantitative estimate of drug-likeness (QED) is 0.635. The van der Waals surface area contributed by atoms with Gasteiger partial charge >= 0.3 is 0 Å². The van der Waals surface area contributed by atoms with Crippen LogP contribution in [0.4, 0.5) is 11.4 Å². The maximum Gasteiger partial charge on any atom is 0.293 e. The second kappa shape index (κ2) is 7.07. The molecule has 9 nitrogen and oxygen atoms in total. The van der Waals surface area contributed by atoms with Gasteiger partial charge in [-0.15, -0.1) is 0 Å². The van der Waals surface area contributed by atoms with Crippen LogP contribution in [0.5, 0.6) is 0 Å². The lowest BCUT2D eigenvalue weighted by molar-refractivity contribution is -0.384. The molecule has 0 bridgehead atoms. The highest BCUT2D eigenvalue weighted by Crippen LogP contribution is 2.29. The first-order chi connectivity index (χ1) is 11.3. The lowest BCUT2D eigenvalue weighted by atomic mass is 10.1. The molecule has 0 saturated heterocycles. The molecule has 2 aromatic rings. The van der Waals surface area contributed by atoms with Crippen molar-refractivity contribution in [2.24, 2.45) is 0 Å². The average Bonchev–Trinajstić information content (AvgIpc) is 2.90. The fraction of sp³-hybridized carbons (Fsp3) is 0.400. The van der Waals surface area contributed by atoms with Gasteiger partial charge < -0.3 is 14.7 Å². The third kappa shape index (κ3) is 4.06. The molecule has 1 aromatic carbocycles. The Morgan fingerprint density at radius 3 is 2.71 bits per heavy atom. The van der Waals surface area contributed by atoms with Gasteiger partial charge in [0.25, 0.3) is 11.6 Å². The zero-order valence-corrected chi connectivity index (χ0v) is 13.9. The minimum atomic E-state index is -0.514. The minimum absolute atomic E-state index is 0.0552. The SMILES string of the molecule is Cc1nc(CN(C)c2ccc(C(=O)NC(C)C)cc2[N+](=O)[O-])no1. The lowest BCUT2D eigenvalue weighted by Gasteiger charge is -2.18. The fourth-order valence-corrected chi connectivity index (χ4v) is 2.18. The first kappa shape index (κ1) is 17.4. The highest BCUT2D eigenvalue weighted by molar-refractivity contribution is 5.95. The molecule has 0 unspecified atom stereocenters. The van der Waals surface area contributed by atoms with Crippen LogP contribution in [-0.4, -0.2) is 34.1 Å². The molecule has 24 heavy (non-hydrogen) atoms. The normalized spacial score (nSPS) is 10.7. The standard InChI is InChI=1S/C15H19N5O4/c1-9(2)16-15(21)11-5-6-12(13(7-11)20(22)23)19(4)8-14-17-10(3)24-18-14/h5-7,9H,8H2,1-4H3,(H,16,21). The average molecular weight is 333 g/mol. The number of nitro groups is 1. The summed E-state index contributed by atoms with van der Waals surface area (Å²) >= 11 is 0. The van der Waals surface area contributed by atoms with Gasteiger partial charge in [-0.3, -0.25) is 14.9 Å². The molecule has 9 heteroatoms. The molecule has 0 saturated carbocycles. The molecule has 1 amide bonds. The van der Waals surface area contributed by atoms with Crippen LogP contribution in [0, 0.1) is 17.0 Å². The number of rotatable bonds is 6. The van der Waals surface area contributed by atoms with Crippen molar-refractivity contribution in [2.75, 3.05) is 11.9 Å². The molecule has 128 valence electrons. The molecule has 0 aliphatic heterocycles. The highest BCUT2D eigenvalue weighted by atomic mass is 16.6. The number of aromatic nitrogens is 2. The summed E-state index contributed by atoms with van der Waals surface area (Å²) in [4.78, 5) is 28.6. The van der Waals surface area contributed by atoms with E-state index in [0.29, 0.717) is 17.4 Å². The molecule has 0 radical (unpaired) electrons. The van der Waals surface area contributed by atoms with E-state index in [0.717, 1.165) is 0 Å². The molecule has 0 aliphatic rings. The van der Waals surface area contributed by atoms with Crippen LogP contribution in [0.25, 0.3) is 0 Å². The Kier molecular flexibility index (Phi) is 5.12. The topological polar surface area (TPSA) is 114 Å². The third-order valence-corrected chi connectivity index (χ3v) is 3.21. The molecule has 0 fully saturated rings. The van der Waals surface area contributed by atoms with Gasteiger partial charge in [0.15, 0.2) is 5.82 Å². The summed E-state index contributed by atoms with van der Waals surface area (Å²) in [6.45, 7) is 5.56. The fourth-order valence-electron chi connectivity index (χ4n) is 2.18. The van der Waals surface area contributed by atoms with E-state index >= 15 is 0 Å². The first-order valence-electron chi connectivity index (χ1n) is 7.37. The van der Waals surface area contributed by atoms with Crippen LogP contribution >= 0.6 is 0 Å². The maximum absolute atomic E-state index is 12.0. The number of amides is 1. The number of hydrogen-bond acceptors (Lipinski definition) is 7. The van der Waals surface area contributed by atoms with Crippen LogP contribution in [0.2, 0.25) is 0 Å². The summed E-state index contributed by atoms with van der Waals surface area (Å²) in [5, 5.41) is 17.9. The molecular formula is C15H19N5O4. The Labute approximate surface area is 138 Å². The van der Waals surface area contributed by atoms with Crippen molar-refractivity contribution in [2.45, 2.75) is 33.4 Å². The van der Waals surface area contributed by atoms with Gasteiger partial charge in [-0.25, -0.2) is 0 Å². The van der Waals surface area contributed by atoms with Crippen LogP contribution < -0.4 is 10.2 Å². The van der Waals surface area contributed by atoms with E-state index in [1.165, 1.54) is 6.07 Å². The first-order valence-corrected chi connectivity index (χ1v) is 7.37. The van der Waals surface area contributed by atoms with Gasteiger partial charge in [0.1, 0.15) is 5.69 Å². The van der Waals surface area contributed by atoms with Gasteiger partial charge in [-0.2, -0.15) is 4.98 Å². The Balaban J connectivity index is 2.29. The van der Waals surface area contributed by atoms with E-state index in [2.05, 4.69) is 15.5 Å². The van der Waals surface area contributed by atoms with Gasteiger partial charge in [0, 0.05) is 31.6 Å². The molecule has 1 heterocycles. The molecule has 0 aliphatic carbocycles.